The SMILES string of the molecule is Cc1cccc(OCC(/C=N/O)=N\O)c1. The Morgan fingerprint density at radius 1 is 1.47 bits per heavy atom. The molecule has 5 heteroatoms. The van der Waals surface area contributed by atoms with E-state index in [9.17, 15) is 0 Å². The van der Waals surface area contributed by atoms with Crippen LogP contribution in [-0.2, 0) is 0 Å². The molecule has 0 heterocycles. The highest BCUT2D eigenvalue weighted by Gasteiger charge is 1.99. The van der Waals surface area contributed by atoms with Crippen LogP contribution in [0.4, 0.5) is 0 Å². The number of rotatable bonds is 4. The lowest BCUT2D eigenvalue weighted by Gasteiger charge is -2.04. The summed E-state index contributed by atoms with van der Waals surface area (Å²) in [5, 5.41) is 22.4. The Bertz CT molecular complexity index is 375. The molecule has 5 nitrogen and oxygen atoms in total. The van der Waals surface area contributed by atoms with Crippen LogP contribution >= 0.6 is 0 Å². The predicted octanol–water partition coefficient (Wildman–Crippen LogP) is 1.66. The third-order valence-electron chi connectivity index (χ3n) is 1.71. The topological polar surface area (TPSA) is 74.4 Å². The molecule has 1 rings (SSSR count). The van der Waals surface area contributed by atoms with Crippen LogP contribution in [0.5, 0.6) is 5.75 Å². The van der Waals surface area contributed by atoms with E-state index >= 15 is 0 Å². The molecule has 0 atom stereocenters. The van der Waals surface area contributed by atoms with Crippen LogP contribution in [0.1, 0.15) is 5.56 Å². The highest BCUT2D eigenvalue weighted by Crippen LogP contribution is 2.11. The van der Waals surface area contributed by atoms with Crippen molar-refractivity contribution in [3.8, 4) is 5.75 Å². The van der Waals surface area contributed by atoms with Crippen LogP contribution < -0.4 is 4.74 Å². The van der Waals surface area contributed by atoms with Gasteiger partial charge in [-0.05, 0) is 24.6 Å². The molecule has 15 heavy (non-hydrogen) atoms. The van der Waals surface area contributed by atoms with E-state index in [1.165, 1.54) is 0 Å². The van der Waals surface area contributed by atoms with E-state index in [-0.39, 0.29) is 12.3 Å². The Kier molecular flexibility index (Phi) is 4.15. The van der Waals surface area contributed by atoms with Gasteiger partial charge in [0.1, 0.15) is 18.1 Å². The summed E-state index contributed by atoms with van der Waals surface area (Å²) in [6.45, 7) is 1.99. The van der Waals surface area contributed by atoms with E-state index < -0.39 is 0 Å². The third kappa shape index (κ3) is 3.68. The molecule has 0 saturated heterocycles. The zero-order valence-corrected chi connectivity index (χ0v) is 8.29. The first-order valence-electron chi connectivity index (χ1n) is 4.34. The van der Waals surface area contributed by atoms with Gasteiger partial charge >= 0.3 is 0 Å². The third-order valence-corrected chi connectivity index (χ3v) is 1.71. The molecule has 1 aromatic rings. The van der Waals surface area contributed by atoms with Crippen molar-refractivity contribution >= 4 is 11.9 Å². The predicted molar refractivity (Wildman–Crippen MR) is 56.2 cm³/mol. The van der Waals surface area contributed by atoms with Gasteiger partial charge in [-0.2, -0.15) is 0 Å². The number of hydrogen-bond acceptors (Lipinski definition) is 5. The summed E-state index contributed by atoms with van der Waals surface area (Å²) >= 11 is 0. The molecule has 0 bridgehead atoms. The van der Waals surface area contributed by atoms with Crippen molar-refractivity contribution in [1.29, 1.82) is 0 Å². The van der Waals surface area contributed by atoms with Gasteiger partial charge in [0.2, 0.25) is 0 Å². The molecule has 0 aliphatic carbocycles. The first kappa shape index (κ1) is 11.0. The van der Waals surface area contributed by atoms with Crippen molar-refractivity contribution in [3.63, 3.8) is 0 Å². The summed E-state index contributed by atoms with van der Waals surface area (Å²) in [4.78, 5) is 0. The minimum absolute atomic E-state index is 0.0456. The van der Waals surface area contributed by atoms with Gasteiger partial charge in [-0.25, -0.2) is 0 Å². The number of ether oxygens (including phenoxy) is 1. The second kappa shape index (κ2) is 5.64. The van der Waals surface area contributed by atoms with Crippen molar-refractivity contribution in [2.75, 3.05) is 6.61 Å². The average Bonchev–Trinajstić information content (AvgIpc) is 2.24. The number of hydrogen-bond donors (Lipinski definition) is 2. The van der Waals surface area contributed by atoms with Crippen molar-refractivity contribution in [3.05, 3.63) is 29.8 Å². The summed E-state index contributed by atoms with van der Waals surface area (Å²) in [6, 6.07) is 7.45. The molecule has 0 fully saturated rings. The zero-order valence-electron chi connectivity index (χ0n) is 8.29. The fourth-order valence-corrected chi connectivity index (χ4v) is 1.02. The lowest BCUT2D eigenvalue weighted by atomic mass is 10.2. The van der Waals surface area contributed by atoms with Crippen LogP contribution in [0.15, 0.2) is 34.6 Å². The Labute approximate surface area is 87.3 Å². The summed E-state index contributed by atoms with van der Waals surface area (Å²) in [7, 11) is 0. The molecule has 0 saturated carbocycles. The lowest BCUT2D eigenvalue weighted by molar-refractivity contribution is 0.306. The van der Waals surface area contributed by atoms with Crippen LogP contribution in [0.25, 0.3) is 0 Å². The molecule has 0 unspecified atom stereocenters. The van der Waals surface area contributed by atoms with Crippen LogP contribution in [0.3, 0.4) is 0 Å². The largest absolute Gasteiger partial charge is 0.487 e. The van der Waals surface area contributed by atoms with Gasteiger partial charge in [0.15, 0.2) is 0 Å². The molecule has 80 valence electrons. The van der Waals surface area contributed by atoms with Gasteiger partial charge in [0.25, 0.3) is 0 Å². The quantitative estimate of drug-likeness (QED) is 0.449. The van der Waals surface area contributed by atoms with E-state index in [2.05, 4.69) is 10.3 Å². The summed E-state index contributed by atoms with van der Waals surface area (Å²) in [5.74, 6) is 0.669. The smallest absolute Gasteiger partial charge is 0.138 e. The highest BCUT2D eigenvalue weighted by molar-refractivity contribution is 6.30. The minimum Gasteiger partial charge on any atom is -0.487 e. The monoisotopic (exact) mass is 208 g/mol. The van der Waals surface area contributed by atoms with E-state index in [0.29, 0.717) is 5.75 Å². The van der Waals surface area contributed by atoms with Gasteiger partial charge in [-0.1, -0.05) is 22.4 Å². The molecule has 0 aromatic heterocycles. The summed E-state index contributed by atoms with van der Waals surface area (Å²) < 4.78 is 5.30. The van der Waals surface area contributed by atoms with Gasteiger partial charge in [-0.3, -0.25) is 0 Å². The van der Waals surface area contributed by atoms with Gasteiger partial charge < -0.3 is 15.2 Å². The van der Waals surface area contributed by atoms with Gasteiger partial charge in [0.05, 0.1) is 6.21 Å². The Morgan fingerprint density at radius 2 is 2.27 bits per heavy atom. The minimum atomic E-state index is 0.0456. The number of aryl methyl sites for hydroxylation is 1. The molecule has 0 aliphatic rings. The van der Waals surface area contributed by atoms with Crippen LogP contribution in [-0.4, -0.2) is 28.9 Å². The fraction of sp³-hybridized carbons (Fsp3) is 0.200. The molecule has 2 N–H and O–H groups in total. The van der Waals surface area contributed by atoms with Crippen molar-refractivity contribution in [2.24, 2.45) is 10.3 Å². The molecule has 1 aromatic carbocycles. The Morgan fingerprint density at radius 3 is 2.87 bits per heavy atom. The second-order valence-electron chi connectivity index (χ2n) is 2.94. The highest BCUT2D eigenvalue weighted by atomic mass is 16.5. The number of oxime groups is 2. The van der Waals surface area contributed by atoms with E-state index in [0.717, 1.165) is 11.8 Å². The maximum atomic E-state index is 8.50. The van der Waals surface area contributed by atoms with Gasteiger partial charge in [-0.15, -0.1) is 0 Å². The lowest BCUT2D eigenvalue weighted by Crippen LogP contribution is -2.12. The molecular formula is C10H12N2O3. The first-order valence-corrected chi connectivity index (χ1v) is 4.34. The standard InChI is InChI=1S/C10H12N2O3/c1-8-3-2-4-10(5-8)15-7-9(12-14)6-11-13/h2-6,13-14H,7H2,1H3/b11-6+,12-9-. The maximum Gasteiger partial charge on any atom is 0.138 e. The van der Waals surface area contributed by atoms with Crippen molar-refractivity contribution < 1.29 is 15.2 Å². The van der Waals surface area contributed by atoms with Crippen LogP contribution in [0.2, 0.25) is 0 Å². The van der Waals surface area contributed by atoms with Crippen molar-refractivity contribution in [2.45, 2.75) is 6.92 Å². The van der Waals surface area contributed by atoms with Gasteiger partial charge in [0, 0.05) is 0 Å². The van der Waals surface area contributed by atoms with Crippen molar-refractivity contribution in [1.82, 2.24) is 0 Å². The Balaban J connectivity index is 2.57. The second-order valence-corrected chi connectivity index (χ2v) is 2.94. The molecule has 0 radical (unpaired) electrons. The number of benzene rings is 1. The molecule has 0 aliphatic heterocycles. The zero-order chi connectivity index (χ0) is 11.1. The molecule has 0 spiro atoms. The Hall–Kier alpha value is -2.04. The number of nitrogens with zero attached hydrogens (tertiary/aromatic N) is 2. The first-order chi connectivity index (χ1) is 7.26. The van der Waals surface area contributed by atoms with E-state index in [1.807, 2.05) is 25.1 Å². The average molecular weight is 208 g/mol. The maximum absolute atomic E-state index is 8.50. The molecule has 0 amide bonds. The fourth-order valence-electron chi connectivity index (χ4n) is 1.02. The van der Waals surface area contributed by atoms with Crippen LogP contribution in [0, 0.1) is 6.92 Å². The normalized spacial score (nSPS) is 11.9. The summed E-state index contributed by atoms with van der Waals surface area (Å²) in [5.41, 5.74) is 1.21. The van der Waals surface area contributed by atoms with E-state index in [4.69, 9.17) is 15.2 Å². The summed E-state index contributed by atoms with van der Waals surface area (Å²) in [6.07, 6.45) is 1.01. The van der Waals surface area contributed by atoms with E-state index in [1.54, 1.807) is 6.07 Å². The molecular weight excluding hydrogens is 196 g/mol.